The van der Waals surface area contributed by atoms with Gasteiger partial charge in [-0.1, -0.05) is 17.7 Å². The number of nitrogens with two attached hydrogens (primary N) is 1. The second-order valence-corrected chi connectivity index (χ2v) is 5.04. The summed E-state index contributed by atoms with van der Waals surface area (Å²) in [7, 11) is 0. The van der Waals surface area contributed by atoms with Gasteiger partial charge in [-0.15, -0.1) is 10.2 Å². The molecule has 0 saturated carbocycles. The summed E-state index contributed by atoms with van der Waals surface area (Å²) in [6.07, 6.45) is 0. The molecule has 0 aliphatic rings. The molecular formula is C17H15N3O3. The number of carbonyl (C=O) groups is 1. The lowest BCUT2D eigenvalue weighted by Gasteiger charge is -2.03. The van der Waals surface area contributed by atoms with Crippen LogP contribution in [0.2, 0.25) is 0 Å². The maximum absolute atomic E-state index is 11.0. The van der Waals surface area contributed by atoms with Crippen LogP contribution >= 0.6 is 0 Å². The number of aryl methyl sites for hydroxylation is 1. The van der Waals surface area contributed by atoms with E-state index in [4.69, 9.17) is 14.9 Å². The fourth-order valence-corrected chi connectivity index (χ4v) is 1.99. The minimum Gasteiger partial charge on any atom is -0.484 e. The first-order valence-electron chi connectivity index (χ1n) is 7.04. The van der Waals surface area contributed by atoms with E-state index in [1.807, 2.05) is 31.2 Å². The Balaban J connectivity index is 1.65. The summed E-state index contributed by atoms with van der Waals surface area (Å²) >= 11 is 0. The van der Waals surface area contributed by atoms with Crippen LogP contribution in [0.1, 0.15) is 21.8 Å². The number of ether oxygens (including phenoxy) is 1. The van der Waals surface area contributed by atoms with Crippen LogP contribution in [0.25, 0.3) is 11.5 Å². The van der Waals surface area contributed by atoms with Crippen LogP contribution in [-0.2, 0) is 6.61 Å². The second kappa shape index (κ2) is 6.31. The Kier molecular flexibility index (Phi) is 4.05. The number of rotatable bonds is 5. The molecule has 6 heteroatoms. The average molecular weight is 309 g/mol. The minimum absolute atomic E-state index is 0.148. The Morgan fingerprint density at radius 2 is 1.78 bits per heavy atom. The Labute approximate surface area is 132 Å². The molecule has 0 spiro atoms. The Hall–Kier alpha value is -3.15. The number of hydrogen-bond acceptors (Lipinski definition) is 5. The first-order chi connectivity index (χ1) is 11.1. The molecule has 2 aromatic carbocycles. The summed E-state index contributed by atoms with van der Waals surface area (Å²) in [4.78, 5) is 11.0. The molecule has 1 heterocycles. The van der Waals surface area contributed by atoms with Crippen molar-refractivity contribution < 1.29 is 13.9 Å². The summed E-state index contributed by atoms with van der Waals surface area (Å²) in [5, 5.41) is 7.97. The normalized spacial score (nSPS) is 10.5. The fraction of sp³-hybridized carbons (Fsp3) is 0.118. The summed E-state index contributed by atoms with van der Waals surface area (Å²) in [5.41, 5.74) is 7.64. The van der Waals surface area contributed by atoms with Crippen molar-refractivity contribution in [2.24, 2.45) is 5.73 Å². The molecule has 6 nitrogen and oxygen atoms in total. The van der Waals surface area contributed by atoms with Crippen molar-refractivity contribution in [3.05, 3.63) is 65.5 Å². The van der Waals surface area contributed by atoms with E-state index in [-0.39, 0.29) is 6.61 Å². The number of carbonyl (C=O) groups excluding carboxylic acids is 1. The van der Waals surface area contributed by atoms with E-state index in [9.17, 15) is 4.79 Å². The van der Waals surface area contributed by atoms with Gasteiger partial charge in [-0.2, -0.15) is 0 Å². The Morgan fingerprint density at radius 3 is 2.43 bits per heavy atom. The van der Waals surface area contributed by atoms with Gasteiger partial charge in [-0.3, -0.25) is 4.79 Å². The van der Waals surface area contributed by atoms with E-state index in [1.165, 1.54) is 0 Å². The second-order valence-electron chi connectivity index (χ2n) is 5.04. The maximum Gasteiger partial charge on any atom is 0.254 e. The van der Waals surface area contributed by atoms with Gasteiger partial charge < -0.3 is 14.9 Å². The SMILES string of the molecule is Cc1ccc(-c2nnc(COc3ccc(C(N)=O)cc3)o2)cc1. The monoisotopic (exact) mass is 309 g/mol. The van der Waals surface area contributed by atoms with Crippen LogP contribution < -0.4 is 10.5 Å². The average Bonchev–Trinajstić information content (AvgIpc) is 3.03. The van der Waals surface area contributed by atoms with Crippen LogP contribution in [0.15, 0.2) is 52.9 Å². The molecule has 116 valence electrons. The van der Waals surface area contributed by atoms with Gasteiger partial charge in [0.2, 0.25) is 11.8 Å². The largest absolute Gasteiger partial charge is 0.484 e. The smallest absolute Gasteiger partial charge is 0.254 e. The van der Waals surface area contributed by atoms with Gasteiger partial charge >= 0.3 is 0 Å². The molecule has 1 aromatic heterocycles. The zero-order valence-corrected chi connectivity index (χ0v) is 12.5. The highest BCUT2D eigenvalue weighted by Crippen LogP contribution is 2.19. The van der Waals surface area contributed by atoms with Crippen LogP contribution in [0.5, 0.6) is 5.75 Å². The van der Waals surface area contributed by atoms with Gasteiger partial charge in [-0.05, 0) is 43.3 Å². The quantitative estimate of drug-likeness (QED) is 0.782. The highest BCUT2D eigenvalue weighted by Gasteiger charge is 2.09. The molecule has 0 fully saturated rings. The maximum atomic E-state index is 11.0. The first-order valence-corrected chi connectivity index (χ1v) is 7.04. The van der Waals surface area contributed by atoms with E-state index in [1.54, 1.807) is 24.3 Å². The summed E-state index contributed by atoms with van der Waals surface area (Å²) in [6.45, 7) is 2.16. The number of amides is 1. The topological polar surface area (TPSA) is 91.2 Å². The third-order valence-electron chi connectivity index (χ3n) is 3.27. The van der Waals surface area contributed by atoms with Crippen molar-refractivity contribution in [3.63, 3.8) is 0 Å². The summed E-state index contributed by atoms with van der Waals surface area (Å²) in [5.74, 6) is 0.938. The van der Waals surface area contributed by atoms with Gasteiger partial charge in [0.25, 0.3) is 5.89 Å². The fourth-order valence-electron chi connectivity index (χ4n) is 1.99. The molecule has 1 amide bonds. The standard InChI is InChI=1S/C17H15N3O3/c1-11-2-4-13(5-3-11)17-20-19-15(23-17)10-22-14-8-6-12(7-9-14)16(18)21/h2-9H,10H2,1H3,(H2,18,21). The number of aromatic nitrogens is 2. The number of primary amides is 1. The lowest BCUT2D eigenvalue weighted by molar-refractivity contribution is 0.1000. The van der Waals surface area contributed by atoms with Crippen LogP contribution in [0, 0.1) is 6.92 Å². The molecule has 0 bridgehead atoms. The number of hydrogen-bond donors (Lipinski definition) is 1. The lowest BCUT2D eigenvalue weighted by Crippen LogP contribution is -2.10. The molecule has 23 heavy (non-hydrogen) atoms. The molecule has 0 aliphatic carbocycles. The zero-order chi connectivity index (χ0) is 16.2. The summed E-state index contributed by atoms with van der Waals surface area (Å²) in [6, 6.07) is 14.3. The molecule has 0 atom stereocenters. The molecule has 0 unspecified atom stereocenters. The van der Waals surface area contributed by atoms with Gasteiger partial charge in [0.1, 0.15) is 5.75 Å². The van der Waals surface area contributed by atoms with Crippen molar-refractivity contribution >= 4 is 5.91 Å². The van der Waals surface area contributed by atoms with E-state index < -0.39 is 5.91 Å². The molecule has 0 aliphatic heterocycles. The van der Waals surface area contributed by atoms with Crippen LogP contribution in [0.4, 0.5) is 0 Å². The molecular weight excluding hydrogens is 294 g/mol. The van der Waals surface area contributed by atoms with Crippen molar-refractivity contribution in [1.82, 2.24) is 10.2 Å². The van der Waals surface area contributed by atoms with Crippen LogP contribution in [0.3, 0.4) is 0 Å². The Bertz CT molecular complexity index is 808. The number of nitrogens with zero attached hydrogens (tertiary/aromatic N) is 2. The third-order valence-corrected chi connectivity index (χ3v) is 3.27. The van der Waals surface area contributed by atoms with Gasteiger partial charge in [0, 0.05) is 11.1 Å². The minimum atomic E-state index is -0.476. The molecule has 0 radical (unpaired) electrons. The van der Waals surface area contributed by atoms with Crippen molar-refractivity contribution in [3.8, 4) is 17.2 Å². The van der Waals surface area contributed by atoms with Gasteiger partial charge in [-0.25, -0.2) is 0 Å². The van der Waals surface area contributed by atoms with Gasteiger partial charge in [0.05, 0.1) is 0 Å². The number of benzene rings is 2. The predicted octanol–water partition coefficient (Wildman–Crippen LogP) is 2.72. The lowest BCUT2D eigenvalue weighted by atomic mass is 10.1. The van der Waals surface area contributed by atoms with E-state index in [2.05, 4.69) is 10.2 Å². The van der Waals surface area contributed by atoms with E-state index in [0.717, 1.165) is 11.1 Å². The van der Waals surface area contributed by atoms with Crippen LogP contribution in [-0.4, -0.2) is 16.1 Å². The third kappa shape index (κ3) is 3.55. The van der Waals surface area contributed by atoms with E-state index in [0.29, 0.717) is 23.1 Å². The predicted molar refractivity (Wildman–Crippen MR) is 83.8 cm³/mol. The Morgan fingerprint density at radius 1 is 1.09 bits per heavy atom. The van der Waals surface area contributed by atoms with Gasteiger partial charge in [0.15, 0.2) is 6.61 Å². The molecule has 0 saturated heterocycles. The van der Waals surface area contributed by atoms with Crippen molar-refractivity contribution in [2.75, 3.05) is 0 Å². The zero-order valence-electron chi connectivity index (χ0n) is 12.5. The van der Waals surface area contributed by atoms with Crippen molar-refractivity contribution in [1.29, 1.82) is 0 Å². The molecule has 2 N–H and O–H groups in total. The summed E-state index contributed by atoms with van der Waals surface area (Å²) < 4.78 is 11.1. The molecule has 3 rings (SSSR count). The highest BCUT2D eigenvalue weighted by molar-refractivity contribution is 5.92. The van der Waals surface area contributed by atoms with E-state index >= 15 is 0 Å². The van der Waals surface area contributed by atoms with Crippen molar-refractivity contribution in [2.45, 2.75) is 13.5 Å². The molecule has 3 aromatic rings. The highest BCUT2D eigenvalue weighted by atomic mass is 16.5. The first kappa shape index (κ1) is 14.8.